The van der Waals surface area contributed by atoms with E-state index in [0.29, 0.717) is 25.3 Å². The van der Waals surface area contributed by atoms with Gasteiger partial charge in [-0.1, -0.05) is 5.21 Å². The first-order valence-electron chi connectivity index (χ1n) is 7.68. The molecular weight excluding hydrogens is 296 g/mol. The van der Waals surface area contributed by atoms with Gasteiger partial charge in [0.1, 0.15) is 5.82 Å². The lowest BCUT2D eigenvalue weighted by Gasteiger charge is -2.33. The first-order chi connectivity index (χ1) is 11.3. The molecule has 23 heavy (non-hydrogen) atoms. The highest BCUT2D eigenvalue weighted by molar-refractivity contribution is 5.92. The summed E-state index contributed by atoms with van der Waals surface area (Å²) in [5, 5.41) is 10.8. The Kier molecular flexibility index (Phi) is 4.77. The molecule has 2 aromatic rings. The largest absolute Gasteiger partial charge is 0.353 e. The minimum absolute atomic E-state index is 0.0536. The molecule has 3 heterocycles. The molecule has 1 aliphatic heterocycles. The van der Waals surface area contributed by atoms with Crippen LogP contribution >= 0.6 is 0 Å². The second-order valence-electron chi connectivity index (χ2n) is 5.48. The molecule has 0 aliphatic carbocycles. The maximum atomic E-state index is 12.3. The van der Waals surface area contributed by atoms with Gasteiger partial charge in [-0.2, -0.15) is 0 Å². The van der Waals surface area contributed by atoms with Crippen molar-refractivity contribution in [3.63, 3.8) is 0 Å². The standard InChI is InChI=1S/C14H20N8O/c15-3-7-22-10-12(19-20-22)14(23)18-11-2-1-6-21(9-11)13-8-16-4-5-17-13/h4-5,8,10-11H,1-3,6-7,9,15H2,(H,18,23)/t11-/m0/s1. The van der Waals surface area contributed by atoms with Gasteiger partial charge in [-0.3, -0.25) is 14.5 Å². The molecule has 1 atom stereocenters. The van der Waals surface area contributed by atoms with Crippen molar-refractivity contribution >= 4 is 11.7 Å². The Balaban J connectivity index is 1.59. The van der Waals surface area contributed by atoms with Crippen molar-refractivity contribution in [3.8, 4) is 0 Å². The van der Waals surface area contributed by atoms with Crippen molar-refractivity contribution in [1.29, 1.82) is 0 Å². The van der Waals surface area contributed by atoms with Crippen LogP contribution in [0.3, 0.4) is 0 Å². The van der Waals surface area contributed by atoms with Gasteiger partial charge in [-0.25, -0.2) is 4.98 Å². The third kappa shape index (κ3) is 3.81. The summed E-state index contributed by atoms with van der Waals surface area (Å²) in [6.07, 6.45) is 8.60. The van der Waals surface area contributed by atoms with E-state index in [0.717, 1.165) is 25.2 Å². The molecule has 0 spiro atoms. The number of hydrogen-bond acceptors (Lipinski definition) is 7. The van der Waals surface area contributed by atoms with E-state index in [1.807, 2.05) is 0 Å². The summed E-state index contributed by atoms with van der Waals surface area (Å²) < 4.78 is 1.57. The zero-order valence-electron chi connectivity index (χ0n) is 12.8. The minimum Gasteiger partial charge on any atom is -0.353 e. The third-order valence-electron chi connectivity index (χ3n) is 3.76. The van der Waals surface area contributed by atoms with Crippen LogP contribution in [0.5, 0.6) is 0 Å². The molecule has 2 aromatic heterocycles. The predicted octanol–water partition coefficient (Wildman–Crippen LogP) is -0.574. The normalized spacial score (nSPS) is 18.0. The lowest BCUT2D eigenvalue weighted by molar-refractivity contribution is 0.0928. The maximum Gasteiger partial charge on any atom is 0.273 e. The monoisotopic (exact) mass is 316 g/mol. The van der Waals surface area contributed by atoms with Gasteiger partial charge in [0.15, 0.2) is 5.69 Å². The van der Waals surface area contributed by atoms with Crippen LogP contribution in [0.15, 0.2) is 24.8 Å². The number of piperidine rings is 1. The van der Waals surface area contributed by atoms with E-state index in [9.17, 15) is 4.79 Å². The lowest BCUT2D eigenvalue weighted by Crippen LogP contribution is -2.48. The van der Waals surface area contributed by atoms with Gasteiger partial charge in [0.2, 0.25) is 0 Å². The van der Waals surface area contributed by atoms with Gasteiger partial charge in [0, 0.05) is 38.1 Å². The SMILES string of the molecule is NCCn1cc(C(=O)N[C@H]2CCCN(c3cnccn3)C2)nn1. The second kappa shape index (κ2) is 7.14. The number of carbonyl (C=O) groups excluding carboxylic acids is 1. The Morgan fingerprint density at radius 1 is 1.43 bits per heavy atom. The van der Waals surface area contributed by atoms with Crippen LogP contribution < -0.4 is 16.0 Å². The highest BCUT2D eigenvalue weighted by atomic mass is 16.2. The number of hydrogen-bond donors (Lipinski definition) is 2. The van der Waals surface area contributed by atoms with E-state index in [1.165, 1.54) is 0 Å². The molecule has 1 saturated heterocycles. The molecule has 0 unspecified atom stereocenters. The quantitative estimate of drug-likeness (QED) is 0.758. The van der Waals surface area contributed by atoms with E-state index < -0.39 is 0 Å². The van der Waals surface area contributed by atoms with Crippen LogP contribution in [0.1, 0.15) is 23.3 Å². The molecule has 0 aromatic carbocycles. The van der Waals surface area contributed by atoms with Gasteiger partial charge in [0.05, 0.1) is 18.9 Å². The van der Waals surface area contributed by atoms with Crippen molar-refractivity contribution in [1.82, 2.24) is 30.3 Å². The number of carbonyl (C=O) groups is 1. The van der Waals surface area contributed by atoms with Gasteiger partial charge < -0.3 is 16.0 Å². The summed E-state index contributed by atoms with van der Waals surface area (Å²) in [4.78, 5) is 22.8. The number of aromatic nitrogens is 5. The summed E-state index contributed by atoms with van der Waals surface area (Å²) in [5.74, 6) is 0.625. The van der Waals surface area contributed by atoms with Gasteiger partial charge in [-0.05, 0) is 12.8 Å². The fourth-order valence-electron chi connectivity index (χ4n) is 2.66. The minimum atomic E-state index is -0.209. The van der Waals surface area contributed by atoms with Gasteiger partial charge >= 0.3 is 0 Å². The van der Waals surface area contributed by atoms with Crippen molar-refractivity contribution in [2.75, 3.05) is 24.5 Å². The molecule has 3 N–H and O–H groups in total. The number of anilines is 1. The smallest absolute Gasteiger partial charge is 0.273 e. The van der Waals surface area contributed by atoms with Crippen LogP contribution in [0.4, 0.5) is 5.82 Å². The average molecular weight is 316 g/mol. The third-order valence-corrected chi connectivity index (χ3v) is 3.76. The number of nitrogens with one attached hydrogen (secondary N) is 1. The fraction of sp³-hybridized carbons (Fsp3) is 0.500. The number of rotatable bonds is 5. The van der Waals surface area contributed by atoms with E-state index in [4.69, 9.17) is 5.73 Å². The number of nitrogens with zero attached hydrogens (tertiary/aromatic N) is 6. The second-order valence-corrected chi connectivity index (χ2v) is 5.48. The van der Waals surface area contributed by atoms with E-state index in [1.54, 1.807) is 29.5 Å². The fourth-order valence-corrected chi connectivity index (χ4v) is 2.66. The molecule has 0 saturated carbocycles. The summed E-state index contributed by atoms with van der Waals surface area (Å²) in [7, 11) is 0. The highest BCUT2D eigenvalue weighted by Crippen LogP contribution is 2.16. The molecule has 1 fully saturated rings. The van der Waals surface area contributed by atoms with Crippen LogP contribution in [0, 0.1) is 0 Å². The van der Waals surface area contributed by atoms with Crippen molar-refractivity contribution in [2.45, 2.75) is 25.4 Å². The molecule has 122 valence electrons. The highest BCUT2D eigenvalue weighted by Gasteiger charge is 2.23. The van der Waals surface area contributed by atoms with Gasteiger partial charge in [0.25, 0.3) is 5.91 Å². The number of nitrogens with two attached hydrogens (primary N) is 1. The van der Waals surface area contributed by atoms with E-state index in [2.05, 4.69) is 30.5 Å². The molecular formula is C14H20N8O. The van der Waals surface area contributed by atoms with E-state index in [-0.39, 0.29) is 11.9 Å². The van der Waals surface area contributed by atoms with Crippen LogP contribution in [-0.2, 0) is 6.54 Å². The van der Waals surface area contributed by atoms with Crippen LogP contribution in [0.2, 0.25) is 0 Å². The Bertz CT molecular complexity index is 643. The van der Waals surface area contributed by atoms with Crippen molar-refractivity contribution in [3.05, 3.63) is 30.5 Å². The van der Waals surface area contributed by atoms with Crippen LogP contribution in [-0.4, -0.2) is 56.5 Å². The van der Waals surface area contributed by atoms with Crippen LogP contribution in [0.25, 0.3) is 0 Å². The Morgan fingerprint density at radius 3 is 3.13 bits per heavy atom. The Labute approximate surface area is 133 Å². The summed E-state index contributed by atoms with van der Waals surface area (Å²) in [5.41, 5.74) is 5.78. The van der Waals surface area contributed by atoms with Crippen molar-refractivity contribution < 1.29 is 4.79 Å². The first-order valence-corrected chi connectivity index (χ1v) is 7.68. The summed E-state index contributed by atoms with van der Waals surface area (Å²) in [6, 6.07) is 0.0536. The zero-order valence-corrected chi connectivity index (χ0v) is 12.8. The Morgan fingerprint density at radius 2 is 2.35 bits per heavy atom. The number of amides is 1. The molecule has 1 aliphatic rings. The first kappa shape index (κ1) is 15.3. The topological polar surface area (TPSA) is 115 Å². The molecule has 3 rings (SSSR count). The molecule has 9 heteroatoms. The Hall–Kier alpha value is -2.55. The molecule has 0 bridgehead atoms. The molecule has 0 radical (unpaired) electrons. The van der Waals surface area contributed by atoms with Gasteiger partial charge in [-0.15, -0.1) is 5.10 Å². The maximum absolute atomic E-state index is 12.3. The average Bonchev–Trinajstić information content (AvgIpc) is 3.05. The lowest BCUT2D eigenvalue weighted by atomic mass is 10.1. The zero-order chi connectivity index (χ0) is 16.1. The molecule has 9 nitrogen and oxygen atoms in total. The molecule has 1 amide bonds. The summed E-state index contributed by atoms with van der Waals surface area (Å²) in [6.45, 7) is 2.63. The van der Waals surface area contributed by atoms with E-state index >= 15 is 0 Å². The summed E-state index contributed by atoms with van der Waals surface area (Å²) >= 11 is 0. The van der Waals surface area contributed by atoms with Crippen molar-refractivity contribution in [2.24, 2.45) is 5.73 Å². The predicted molar refractivity (Wildman–Crippen MR) is 83.8 cm³/mol.